The molecule has 1 amide bonds. The zero-order chi connectivity index (χ0) is 21.2. The van der Waals surface area contributed by atoms with Gasteiger partial charge >= 0.3 is 0 Å². The van der Waals surface area contributed by atoms with E-state index in [0.717, 1.165) is 61.7 Å². The molecule has 0 radical (unpaired) electrons. The Labute approximate surface area is 189 Å². The second kappa shape index (κ2) is 12.0. The number of hydrogen-bond donors (Lipinski definition) is 2. The number of rotatable bonds is 8. The Hall–Kier alpha value is -2.05. The minimum absolute atomic E-state index is 0.130. The number of amides is 1. The van der Waals surface area contributed by atoms with Crippen molar-refractivity contribution in [1.82, 2.24) is 10.2 Å². The van der Waals surface area contributed by atoms with Crippen molar-refractivity contribution < 1.29 is 4.79 Å². The third-order valence-electron chi connectivity index (χ3n) is 5.14. The number of likely N-dealkylation sites (tertiary alicyclic amines) is 1. The Balaban J connectivity index is 1.32. The summed E-state index contributed by atoms with van der Waals surface area (Å²) in [6.45, 7) is 4.72. The van der Waals surface area contributed by atoms with Crippen LogP contribution in [0.15, 0.2) is 48.5 Å². The molecule has 0 bridgehead atoms. The summed E-state index contributed by atoms with van der Waals surface area (Å²) >= 11 is 7.33. The maximum absolute atomic E-state index is 12.5. The summed E-state index contributed by atoms with van der Waals surface area (Å²) in [5, 5.41) is 7.08. The smallest absolute Gasteiger partial charge is 0.253 e. The molecule has 2 N–H and O–H groups in total. The molecule has 0 aromatic heterocycles. The first-order valence-corrected chi connectivity index (χ1v) is 12.3. The molecule has 0 spiro atoms. The van der Waals surface area contributed by atoms with Crippen molar-refractivity contribution in [2.75, 3.05) is 30.7 Å². The van der Waals surface area contributed by atoms with Crippen LogP contribution in [0.3, 0.4) is 0 Å². The van der Waals surface area contributed by atoms with Crippen molar-refractivity contribution in [1.29, 1.82) is 0 Å². The minimum atomic E-state index is 0.130. The van der Waals surface area contributed by atoms with Gasteiger partial charge in [-0.25, -0.2) is 0 Å². The van der Waals surface area contributed by atoms with Gasteiger partial charge in [0.05, 0.1) is 0 Å². The molecule has 0 saturated carbocycles. The van der Waals surface area contributed by atoms with E-state index in [1.165, 1.54) is 17.5 Å². The highest BCUT2D eigenvalue weighted by Gasteiger charge is 2.17. The highest BCUT2D eigenvalue weighted by Crippen LogP contribution is 2.16. The van der Waals surface area contributed by atoms with Crippen molar-refractivity contribution in [2.45, 2.75) is 38.4 Å². The lowest BCUT2D eigenvalue weighted by Crippen LogP contribution is -2.35. The highest BCUT2D eigenvalue weighted by molar-refractivity contribution is 7.98. The van der Waals surface area contributed by atoms with Crippen molar-refractivity contribution >= 4 is 40.7 Å². The first kappa shape index (κ1) is 22.6. The number of aryl methyl sites for hydroxylation is 1. The summed E-state index contributed by atoms with van der Waals surface area (Å²) in [4.78, 5) is 14.5. The third kappa shape index (κ3) is 7.33. The fraction of sp³-hybridized carbons (Fsp3) is 0.417. The zero-order valence-electron chi connectivity index (χ0n) is 17.7. The SMILES string of the molecule is Cc1cccc(CSCCCNC(=S)Nc2ccc(C(=O)N3CCCCC3)cc2)c1. The predicted octanol–water partition coefficient (Wildman–Crippen LogP) is 5.23. The van der Waals surface area contributed by atoms with Gasteiger partial charge in [-0.2, -0.15) is 11.8 Å². The molecule has 0 unspecified atom stereocenters. The average molecular weight is 442 g/mol. The van der Waals surface area contributed by atoms with E-state index in [0.29, 0.717) is 5.11 Å². The van der Waals surface area contributed by atoms with Crippen LogP contribution in [-0.4, -0.2) is 41.3 Å². The van der Waals surface area contributed by atoms with Gasteiger partial charge in [0.2, 0.25) is 0 Å². The average Bonchev–Trinajstić information content (AvgIpc) is 2.77. The molecule has 2 aromatic carbocycles. The first-order valence-electron chi connectivity index (χ1n) is 10.7. The second-order valence-corrected chi connectivity index (χ2v) is 9.22. The number of nitrogens with one attached hydrogen (secondary N) is 2. The molecule has 0 atom stereocenters. The maximum atomic E-state index is 12.5. The number of benzene rings is 2. The Bertz CT molecular complexity index is 833. The molecule has 4 nitrogen and oxygen atoms in total. The standard InChI is InChI=1S/C24H31N3OS2/c1-19-7-5-8-20(17-19)18-30-16-6-13-25-24(29)26-22-11-9-21(10-12-22)23(28)27-14-3-2-4-15-27/h5,7-12,17H,2-4,6,13-16,18H2,1H3,(H2,25,26,29). The van der Waals surface area contributed by atoms with E-state index < -0.39 is 0 Å². The summed E-state index contributed by atoms with van der Waals surface area (Å²) in [6.07, 6.45) is 4.50. The van der Waals surface area contributed by atoms with Gasteiger partial charge in [-0.05, 0) is 80.4 Å². The van der Waals surface area contributed by atoms with Gasteiger partial charge in [-0.1, -0.05) is 29.8 Å². The van der Waals surface area contributed by atoms with E-state index in [1.54, 1.807) is 0 Å². The lowest BCUT2D eigenvalue weighted by Gasteiger charge is -2.26. The largest absolute Gasteiger partial charge is 0.362 e. The van der Waals surface area contributed by atoms with Crippen LogP contribution in [0.2, 0.25) is 0 Å². The summed E-state index contributed by atoms with van der Waals surface area (Å²) in [5.74, 6) is 2.27. The van der Waals surface area contributed by atoms with Crippen LogP contribution in [0.25, 0.3) is 0 Å². The predicted molar refractivity (Wildman–Crippen MR) is 132 cm³/mol. The van der Waals surface area contributed by atoms with Crippen LogP contribution >= 0.6 is 24.0 Å². The summed E-state index contributed by atoms with van der Waals surface area (Å²) in [7, 11) is 0. The molecule has 2 aromatic rings. The summed E-state index contributed by atoms with van der Waals surface area (Å²) < 4.78 is 0. The molecule has 6 heteroatoms. The van der Waals surface area contributed by atoms with E-state index in [9.17, 15) is 4.79 Å². The van der Waals surface area contributed by atoms with Crippen molar-refractivity contribution in [3.8, 4) is 0 Å². The molecule has 3 rings (SSSR count). The van der Waals surface area contributed by atoms with Gasteiger partial charge in [0.25, 0.3) is 5.91 Å². The van der Waals surface area contributed by atoms with E-state index in [2.05, 4.69) is 41.8 Å². The van der Waals surface area contributed by atoms with Gasteiger partial charge in [0.1, 0.15) is 0 Å². The molecule has 1 fully saturated rings. The Morgan fingerprint density at radius 2 is 1.87 bits per heavy atom. The summed E-state index contributed by atoms with van der Waals surface area (Å²) in [6, 6.07) is 16.3. The van der Waals surface area contributed by atoms with E-state index >= 15 is 0 Å². The highest BCUT2D eigenvalue weighted by atomic mass is 32.2. The third-order valence-corrected chi connectivity index (χ3v) is 6.50. The zero-order valence-corrected chi connectivity index (χ0v) is 19.3. The fourth-order valence-electron chi connectivity index (χ4n) is 3.52. The lowest BCUT2D eigenvalue weighted by molar-refractivity contribution is 0.0724. The van der Waals surface area contributed by atoms with Crippen LogP contribution in [0, 0.1) is 6.92 Å². The lowest BCUT2D eigenvalue weighted by atomic mass is 10.1. The molecule has 1 aliphatic heterocycles. The second-order valence-electron chi connectivity index (χ2n) is 7.71. The van der Waals surface area contributed by atoms with Gasteiger partial charge in [0.15, 0.2) is 5.11 Å². The van der Waals surface area contributed by atoms with Crippen LogP contribution in [0.4, 0.5) is 5.69 Å². The van der Waals surface area contributed by atoms with Gasteiger partial charge in [-0.15, -0.1) is 0 Å². The van der Waals surface area contributed by atoms with Crippen molar-refractivity contribution in [2.24, 2.45) is 0 Å². The number of hydrogen-bond acceptors (Lipinski definition) is 3. The monoisotopic (exact) mass is 441 g/mol. The molecule has 1 aliphatic rings. The maximum Gasteiger partial charge on any atom is 0.253 e. The number of piperidine rings is 1. The number of carbonyl (C=O) groups is 1. The molecule has 1 saturated heterocycles. The number of nitrogens with zero attached hydrogens (tertiary/aromatic N) is 1. The number of anilines is 1. The molecular weight excluding hydrogens is 410 g/mol. The van der Waals surface area contributed by atoms with Crippen LogP contribution < -0.4 is 10.6 Å². The van der Waals surface area contributed by atoms with Crippen LogP contribution in [-0.2, 0) is 5.75 Å². The normalized spacial score (nSPS) is 13.7. The number of carbonyl (C=O) groups excluding carboxylic acids is 1. The molecular formula is C24H31N3OS2. The molecule has 0 aliphatic carbocycles. The number of thiocarbonyl (C=S) groups is 1. The van der Waals surface area contributed by atoms with Crippen molar-refractivity contribution in [3.63, 3.8) is 0 Å². The Kier molecular flexibility index (Phi) is 9.02. The van der Waals surface area contributed by atoms with E-state index in [1.807, 2.05) is 40.9 Å². The Morgan fingerprint density at radius 3 is 2.60 bits per heavy atom. The minimum Gasteiger partial charge on any atom is -0.362 e. The van der Waals surface area contributed by atoms with Gasteiger partial charge in [-0.3, -0.25) is 4.79 Å². The quantitative estimate of drug-likeness (QED) is 0.434. The van der Waals surface area contributed by atoms with E-state index in [4.69, 9.17) is 12.2 Å². The van der Waals surface area contributed by atoms with Crippen LogP contribution in [0.1, 0.15) is 47.2 Å². The molecule has 1 heterocycles. The first-order chi connectivity index (χ1) is 14.6. The fourth-order valence-corrected chi connectivity index (χ4v) is 4.65. The Morgan fingerprint density at radius 1 is 1.10 bits per heavy atom. The topological polar surface area (TPSA) is 44.4 Å². The van der Waals surface area contributed by atoms with E-state index in [-0.39, 0.29) is 5.91 Å². The van der Waals surface area contributed by atoms with Crippen molar-refractivity contribution in [3.05, 3.63) is 65.2 Å². The molecule has 30 heavy (non-hydrogen) atoms. The summed E-state index contributed by atoms with van der Waals surface area (Å²) in [5.41, 5.74) is 4.34. The van der Waals surface area contributed by atoms with Crippen LogP contribution in [0.5, 0.6) is 0 Å². The van der Waals surface area contributed by atoms with Gasteiger partial charge in [0, 0.05) is 36.6 Å². The number of thioether (sulfide) groups is 1. The van der Waals surface area contributed by atoms with Gasteiger partial charge < -0.3 is 15.5 Å². The molecule has 160 valence electrons.